The van der Waals surface area contributed by atoms with Crippen LogP contribution in [0.15, 0.2) is 23.1 Å². The summed E-state index contributed by atoms with van der Waals surface area (Å²) in [5.41, 5.74) is 8.16. The smallest absolute Gasteiger partial charge is 0.0452 e. The molecule has 0 saturated carbocycles. The van der Waals surface area contributed by atoms with E-state index in [1.165, 1.54) is 29.8 Å². The van der Waals surface area contributed by atoms with Crippen LogP contribution in [0.2, 0.25) is 0 Å². The van der Waals surface area contributed by atoms with Crippen LogP contribution in [0.1, 0.15) is 18.4 Å². The summed E-state index contributed by atoms with van der Waals surface area (Å²) in [6.07, 6.45) is 5.82. The maximum Gasteiger partial charge on any atom is 0.0452 e. The van der Waals surface area contributed by atoms with Crippen LogP contribution >= 0.6 is 11.8 Å². The third kappa shape index (κ3) is 2.67. The normalized spacial score (nSPS) is 20.7. The van der Waals surface area contributed by atoms with Gasteiger partial charge in [-0.1, -0.05) is 6.07 Å². The van der Waals surface area contributed by atoms with Gasteiger partial charge in [0.25, 0.3) is 0 Å². The molecule has 2 nitrogen and oxygen atoms in total. The zero-order valence-corrected chi connectivity index (χ0v) is 9.94. The molecule has 1 unspecified atom stereocenters. The summed E-state index contributed by atoms with van der Waals surface area (Å²) in [4.78, 5) is 1.20. The molecule has 1 aliphatic heterocycles. The summed E-state index contributed by atoms with van der Waals surface area (Å²) in [5.74, 6) is 0. The van der Waals surface area contributed by atoms with E-state index < -0.39 is 0 Å². The van der Waals surface area contributed by atoms with Gasteiger partial charge in [-0.2, -0.15) is 0 Å². The lowest BCUT2D eigenvalue weighted by molar-refractivity contribution is 0.602. The molecule has 82 valence electrons. The molecule has 0 aromatic heterocycles. The number of thioether (sulfide) groups is 1. The Balaban J connectivity index is 2.07. The van der Waals surface area contributed by atoms with Crippen molar-refractivity contribution in [3.05, 3.63) is 23.8 Å². The van der Waals surface area contributed by atoms with Gasteiger partial charge in [0.2, 0.25) is 0 Å². The van der Waals surface area contributed by atoms with Gasteiger partial charge in [-0.25, -0.2) is 0 Å². The molecule has 1 heterocycles. The fourth-order valence-electron chi connectivity index (χ4n) is 2.10. The van der Waals surface area contributed by atoms with E-state index in [9.17, 15) is 0 Å². The summed E-state index contributed by atoms with van der Waals surface area (Å²) in [6.45, 7) is 1.18. The van der Waals surface area contributed by atoms with Crippen LogP contribution in [0.4, 0.5) is 5.69 Å². The zero-order valence-electron chi connectivity index (χ0n) is 9.12. The topological polar surface area (TPSA) is 38.0 Å². The van der Waals surface area contributed by atoms with Crippen molar-refractivity contribution in [3.8, 4) is 0 Å². The number of hydrogen-bond acceptors (Lipinski definition) is 3. The molecular weight excluding hydrogens is 204 g/mol. The zero-order chi connectivity index (χ0) is 10.7. The van der Waals surface area contributed by atoms with Crippen LogP contribution in [0.3, 0.4) is 0 Å². The summed E-state index contributed by atoms with van der Waals surface area (Å²) < 4.78 is 0. The second-order valence-electron chi connectivity index (χ2n) is 4.07. The Kier molecular flexibility index (Phi) is 3.54. The molecule has 3 N–H and O–H groups in total. The van der Waals surface area contributed by atoms with Crippen LogP contribution in [0.25, 0.3) is 0 Å². The number of nitrogens with one attached hydrogen (secondary N) is 1. The molecule has 0 spiro atoms. The van der Waals surface area contributed by atoms with Gasteiger partial charge in [0.15, 0.2) is 0 Å². The van der Waals surface area contributed by atoms with Crippen molar-refractivity contribution in [2.75, 3.05) is 18.5 Å². The molecule has 0 aliphatic carbocycles. The van der Waals surface area contributed by atoms with Crippen molar-refractivity contribution < 1.29 is 0 Å². The highest BCUT2D eigenvalue weighted by Crippen LogP contribution is 2.25. The first-order chi connectivity index (χ1) is 7.29. The lowest BCUT2D eigenvalue weighted by atomic mass is 10.0. The van der Waals surface area contributed by atoms with Gasteiger partial charge < -0.3 is 11.1 Å². The maximum atomic E-state index is 5.87. The molecular formula is C12H18N2S. The molecule has 1 saturated heterocycles. The Hall–Kier alpha value is -0.670. The molecule has 0 amide bonds. The van der Waals surface area contributed by atoms with E-state index in [-0.39, 0.29) is 0 Å². The van der Waals surface area contributed by atoms with Crippen molar-refractivity contribution in [3.63, 3.8) is 0 Å². The molecule has 1 atom stereocenters. The molecule has 0 radical (unpaired) electrons. The quantitative estimate of drug-likeness (QED) is 0.609. The van der Waals surface area contributed by atoms with Crippen molar-refractivity contribution in [1.82, 2.24) is 5.32 Å². The van der Waals surface area contributed by atoms with Crippen molar-refractivity contribution in [1.29, 1.82) is 0 Å². The van der Waals surface area contributed by atoms with Gasteiger partial charge in [-0.3, -0.25) is 0 Å². The molecule has 1 fully saturated rings. The minimum Gasteiger partial charge on any atom is -0.398 e. The third-order valence-corrected chi connectivity index (χ3v) is 3.74. The molecule has 2 rings (SSSR count). The summed E-state index contributed by atoms with van der Waals surface area (Å²) in [6, 6.07) is 7.06. The monoisotopic (exact) mass is 222 g/mol. The predicted octanol–water partition coefficient (Wildman–Crippen LogP) is 2.29. The largest absolute Gasteiger partial charge is 0.398 e. The van der Waals surface area contributed by atoms with Crippen molar-refractivity contribution >= 4 is 17.4 Å². The van der Waals surface area contributed by atoms with Crippen LogP contribution < -0.4 is 11.1 Å². The molecule has 3 heteroatoms. The number of benzene rings is 1. The minimum atomic E-state index is 0.670. The average molecular weight is 222 g/mol. The van der Waals surface area contributed by atoms with E-state index in [0.717, 1.165) is 12.1 Å². The van der Waals surface area contributed by atoms with Gasteiger partial charge in [-0.15, -0.1) is 11.8 Å². The van der Waals surface area contributed by atoms with Crippen LogP contribution in [-0.4, -0.2) is 18.8 Å². The Morgan fingerprint density at radius 2 is 2.40 bits per heavy atom. The highest BCUT2D eigenvalue weighted by atomic mass is 32.2. The Labute approximate surface area is 95.6 Å². The highest BCUT2D eigenvalue weighted by Gasteiger charge is 2.14. The fraction of sp³-hybridized carbons (Fsp3) is 0.500. The Bertz CT molecular complexity index is 332. The molecule has 0 bridgehead atoms. The minimum absolute atomic E-state index is 0.670. The first-order valence-electron chi connectivity index (χ1n) is 5.45. The van der Waals surface area contributed by atoms with Crippen molar-refractivity contribution in [2.45, 2.75) is 30.2 Å². The van der Waals surface area contributed by atoms with Gasteiger partial charge in [0.1, 0.15) is 0 Å². The Morgan fingerprint density at radius 1 is 1.53 bits per heavy atom. The third-order valence-electron chi connectivity index (χ3n) is 2.94. The Morgan fingerprint density at radius 3 is 3.07 bits per heavy atom. The second-order valence-corrected chi connectivity index (χ2v) is 4.92. The average Bonchev–Trinajstić information content (AvgIpc) is 2.73. The van der Waals surface area contributed by atoms with Gasteiger partial charge in [0.05, 0.1) is 0 Å². The number of anilines is 1. The fourth-order valence-corrected chi connectivity index (χ4v) is 2.67. The van der Waals surface area contributed by atoms with Crippen LogP contribution in [-0.2, 0) is 6.42 Å². The van der Waals surface area contributed by atoms with E-state index in [1.807, 2.05) is 6.07 Å². The van der Waals surface area contributed by atoms with E-state index in [0.29, 0.717) is 6.04 Å². The van der Waals surface area contributed by atoms with Crippen LogP contribution in [0, 0.1) is 0 Å². The van der Waals surface area contributed by atoms with E-state index >= 15 is 0 Å². The molecule has 1 aromatic rings. The number of nitrogen functional groups attached to an aromatic ring is 1. The molecule has 1 aromatic carbocycles. The summed E-state index contributed by atoms with van der Waals surface area (Å²) in [5, 5.41) is 3.52. The van der Waals surface area contributed by atoms with E-state index in [2.05, 4.69) is 23.7 Å². The predicted molar refractivity (Wildman–Crippen MR) is 67.4 cm³/mol. The number of nitrogens with two attached hydrogens (primary N) is 1. The molecule has 15 heavy (non-hydrogen) atoms. The van der Waals surface area contributed by atoms with E-state index in [4.69, 9.17) is 5.73 Å². The lowest BCUT2D eigenvalue weighted by Crippen LogP contribution is -2.23. The second kappa shape index (κ2) is 4.90. The highest BCUT2D eigenvalue weighted by molar-refractivity contribution is 7.98. The van der Waals surface area contributed by atoms with Crippen molar-refractivity contribution in [2.24, 2.45) is 0 Å². The van der Waals surface area contributed by atoms with Gasteiger partial charge in [0, 0.05) is 16.6 Å². The first-order valence-corrected chi connectivity index (χ1v) is 6.68. The van der Waals surface area contributed by atoms with Gasteiger partial charge >= 0.3 is 0 Å². The summed E-state index contributed by atoms with van der Waals surface area (Å²) in [7, 11) is 0. The first kappa shape index (κ1) is 10.8. The number of hydrogen-bond donors (Lipinski definition) is 2. The van der Waals surface area contributed by atoms with Crippen LogP contribution in [0.5, 0.6) is 0 Å². The lowest BCUT2D eigenvalue weighted by Gasteiger charge is -2.11. The maximum absolute atomic E-state index is 5.87. The molecule has 1 aliphatic rings. The summed E-state index contributed by atoms with van der Waals surface area (Å²) >= 11 is 1.72. The number of rotatable bonds is 3. The van der Waals surface area contributed by atoms with E-state index in [1.54, 1.807) is 11.8 Å². The SMILES string of the molecule is CSc1cc(CC2CCCN2)ccc1N. The standard InChI is InChI=1S/C12H18N2S/c1-15-12-8-9(4-5-11(12)13)7-10-3-2-6-14-10/h4-5,8,10,14H,2-3,6-7,13H2,1H3. The van der Waals surface area contributed by atoms with Gasteiger partial charge in [-0.05, 0) is 49.8 Å².